The minimum absolute atomic E-state index is 0.172. The molecule has 9 heteroatoms. The third kappa shape index (κ3) is 5.77. The molecular formula is C28H30FN5O3. The van der Waals surface area contributed by atoms with E-state index in [1.807, 2.05) is 45.0 Å². The standard InChI is InChI=1S/C28H30FN5O3/c1-5-28(2,3)30-27(36)26(19-10-16-22(37-4)17-11-19)34(21-14-12-20(29)13-15-21)25(35)18-33-24-9-7-6-8-23(24)31-32-33/h6-17,26H,5,18H2,1-4H3,(H,30,36)/t26-/m0/s1. The van der Waals surface area contributed by atoms with E-state index < -0.39 is 23.3 Å². The van der Waals surface area contributed by atoms with E-state index in [0.29, 0.717) is 34.5 Å². The first kappa shape index (κ1) is 25.8. The van der Waals surface area contributed by atoms with Crippen LogP contribution in [0.2, 0.25) is 0 Å². The number of amides is 2. The van der Waals surface area contributed by atoms with E-state index >= 15 is 0 Å². The average molecular weight is 504 g/mol. The molecule has 1 atom stereocenters. The maximum absolute atomic E-state index is 14.0. The summed E-state index contributed by atoms with van der Waals surface area (Å²) in [6, 6.07) is 18.7. The molecule has 2 amide bonds. The Morgan fingerprint density at radius 3 is 2.38 bits per heavy atom. The monoisotopic (exact) mass is 503 g/mol. The highest BCUT2D eigenvalue weighted by atomic mass is 19.1. The minimum Gasteiger partial charge on any atom is -0.497 e. The molecule has 0 radical (unpaired) electrons. The molecule has 0 spiro atoms. The van der Waals surface area contributed by atoms with Gasteiger partial charge in [-0.05, 0) is 74.4 Å². The van der Waals surface area contributed by atoms with E-state index in [9.17, 15) is 14.0 Å². The van der Waals surface area contributed by atoms with Crippen LogP contribution >= 0.6 is 0 Å². The normalized spacial score (nSPS) is 12.2. The maximum Gasteiger partial charge on any atom is 0.249 e. The van der Waals surface area contributed by atoms with Gasteiger partial charge in [-0.2, -0.15) is 0 Å². The molecule has 0 bridgehead atoms. The molecule has 0 aliphatic carbocycles. The van der Waals surface area contributed by atoms with Crippen LogP contribution in [0, 0.1) is 5.82 Å². The zero-order valence-corrected chi connectivity index (χ0v) is 21.3. The Labute approximate surface area is 215 Å². The Morgan fingerprint density at radius 1 is 1.05 bits per heavy atom. The molecule has 192 valence electrons. The summed E-state index contributed by atoms with van der Waals surface area (Å²) >= 11 is 0. The van der Waals surface area contributed by atoms with E-state index in [-0.39, 0.29) is 12.5 Å². The Hall–Kier alpha value is -4.27. The van der Waals surface area contributed by atoms with Crippen LogP contribution in [0.25, 0.3) is 11.0 Å². The number of halogens is 1. The number of anilines is 1. The number of aromatic nitrogens is 3. The van der Waals surface area contributed by atoms with Gasteiger partial charge in [-0.1, -0.05) is 36.4 Å². The van der Waals surface area contributed by atoms with Crippen molar-refractivity contribution < 1.29 is 18.7 Å². The number of para-hydroxylation sites is 1. The van der Waals surface area contributed by atoms with Gasteiger partial charge in [0, 0.05) is 11.2 Å². The van der Waals surface area contributed by atoms with Crippen molar-refractivity contribution in [1.82, 2.24) is 20.3 Å². The van der Waals surface area contributed by atoms with Gasteiger partial charge in [-0.25, -0.2) is 9.07 Å². The predicted molar refractivity (Wildman–Crippen MR) is 140 cm³/mol. The Bertz CT molecular complexity index is 1380. The molecule has 0 aliphatic heterocycles. The first-order chi connectivity index (χ1) is 17.7. The lowest BCUT2D eigenvalue weighted by molar-refractivity contribution is -0.128. The van der Waals surface area contributed by atoms with E-state index in [4.69, 9.17) is 4.74 Å². The smallest absolute Gasteiger partial charge is 0.249 e. The molecule has 8 nitrogen and oxygen atoms in total. The number of ether oxygens (including phenoxy) is 1. The second-order valence-corrected chi connectivity index (χ2v) is 9.38. The average Bonchev–Trinajstić information content (AvgIpc) is 3.30. The molecule has 4 aromatic rings. The van der Waals surface area contributed by atoms with Gasteiger partial charge in [0.15, 0.2) is 0 Å². The number of hydrogen-bond acceptors (Lipinski definition) is 5. The van der Waals surface area contributed by atoms with Gasteiger partial charge in [0.25, 0.3) is 0 Å². The fourth-order valence-electron chi connectivity index (χ4n) is 3.97. The summed E-state index contributed by atoms with van der Waals surface area (Å²) < 4.78 is 20.6. The third-order valence-corrected chi connectivity index (χ3v) is 6.36. The lowest BCUT2D eigenvalue weighted by atomic mass is 9.98. The van der Waals surface area contributed by atoms with Crippen molar-refractivity contribution in [2.75, 3.05) is 12.0 Å². The highest BCUT2D eigenvalue weighted by Crippen LogP contribution is 2.31. The number of carbonyl (C=O) groups is 2. The van der Waals surface area contributed by atoms with Crippen molar-refractivity contribution >= 4 is 28.5 Å². The van der Waals surface area contributed by atoms with Gasteiger partial charge in [0.05, 0.1) is 12.6 Å². The summed E-state index contributed by atoms with van der Waals surface area (Å²) in [7, 11) is 1.56. The van der Waals surface area contributed by atoms with Gasteiger partial charge in [0.1, 0.15) is 29.7 Å². The Morgan fingerprint density at radius 2 is 1.73 bits per heavy atom. The number of rotatable bonds is 9. The number of carbonyl (C=O) groups excluding carboxylic acids is 2. The lowest BCUT2D eigenvalue weighted by Crippen LogP contribution is -2.51. The molecule has 0 saturated carbocycles. The van der Waals surface area contributed by atoms with Crippen LogP contribution in [0.4, 0.5) is 10.1 Å². The predicted octanol–water partition coefficient (Wildman–Crippen LogP) is 4.66. The van der Waals surface area contributed by atoms with E-state index in [1.54, 1.807) is 31.4 Å². The highest BCUT2D eigenvalue weighted by molar-refractivity contribution is 6.01. The number of benzene rings is 3. The van der Waals surface area contributed by atoms with Crippen LogP contribution in [0.1, 0.15) is 38.8 Å². The van der Waals surface area contributed by atoms with Gasteiger partial charge in [0.2, 0.25) is 11.8 Å². The zero-order chi connectivity index (χ0) is 26.6. The van der Waals surface area contributed by atoms with Crippen molar-refractivity contribution in [2.45, 2.75) is 45.3 Å². The first-order valence-electron chi connectivity index (χ1n) is 12.0. The fourth-order valence-corrected chi connectivity index (χ4v) is 3.97. The Balaban J connectivity index is 1.81. The SMILES string of the molecule is CCC(C)(C)NC(=O)[C@H](c1ccc(OC)cc1)N(C(=O)Cn1nnc2ccccc21)c1ccc(F)cc1. The molecule has 4 rings (SSSR count). The largest absolute Gasteiger partial charge is 0.497 e. The molecule has 1 heterocycles. The molecule has 0 saturated heterocycles. The van der Waals surface area contributed by atoms with Crippen LogP contribution in [0.15, 0.2) is 72.8 Å². The molecular weight excluding hydrogens is 473 g/mol. The molecule has 1 aromatic heterocycles. The van der Waals surface area contributed by atoms with Gasteiger partial charge in [-0.15, -0.1) is 5.10 Å². The second kappa shape index (κ2) is 10.8. The van der Waals surface area contributed by atoms with Gasteiger partial charge >= 0.3 is 0 Å². The number of methoxy groups -OCH3 is 1. The summed E-state index contributed by atoms with van der Waals surface area (Å²) in [4.78, 5) is 29.2. The van der Waals surface area contributed by atoms with Crippen molar-refractivity contribution in [2.24, 2.45) is 0 Å². The third-order valence-electron chi connectivity index (χ3n) is 6.36. The molecule has 0 fully saturated rings. The lowest BCUT2D eigenvalue weighted by Gasteiger charge is -2.34. The first-order valence-corrected chi connectivity index (χ1v) is 12.0. The number of nitrogens with one attached hydrogen (secondary N) is 1. The minimum atomic E-state index is -1.04. The summed E-state index contributed by atoms with van der Waals surface area (Å²) in [6.07, 6.45) is 0.684. The van der Waals surface area contributed by atoms with Crippen molar-refractivity contribution in [3.05, 3.63) is 84.2 Å². The van der Waals surface area contributed by atoms with Gasteiger partial charge in [-0.3, -0.25) is 14.5 Å². The fraction of sp³-hybridized carbons (Fsp3) is 0.286. The topological polar surface area (TPSA) is 89.4 Å². The van der Waals surface area contributed by atoms with Crippen molar-refractivity contribution in [3.63, 3.8) is 0 Å². The highest BCUT2D eigenvalue weighted by Gasteiger charge is 2.35. The van der Waals surface area contributed by atoms with E-state index in [0.717, 1.165) is 0 Å². The quantitative estimate of drug-likeness (QED) is 0.359. The van der Waals surface area contributed by atoms with Crippen molar-refractivity contribution in [1.29, 1.82) is 0 Å². The summed E-state index contributed by atoms with van der Waals surface area (Å²) in [6.45, 7) is 5.64. The maximum atomic E-state index is 14.0. The molecule has 37 heavy (non-hydrogen) atoms. The molecule has 3 aromatic carbocycles. The van der Waals surface area contributed by atoms with Gasteiger partial charge < -0.3 is 10.1 Å². The van der Waals surface area contributed by atoms with Crippen LogP contribution in [0.5, 0.6) is 5.75 Å². The zero-order valence-electron chi connectivity index (χ0n) is 21.3. The molecule has 0 aliphatic rings. The van der Waals surface area contributed by atoms with Crippen molar-refractivity contribution in [3.8, 4) is 5.75 Å². The van der Waals surface area contributed by atoms with Crippen LogP contribution in [-0.2, 0) is 16.1 Å². The number of fused-ring (bicyclic) bond motifs is 1. The summed E-state index contributed by atoms with van der Waals surface area (Å²) in [5.41, 5.74) is 1.78. The van der Waals surface area contributed by atoms with Crippen LogP contribution in [0.3, 0.4) is 0 Å². The van der Waals surface area contributed by atoms with Crippen LogP contribution in [-0.4, -0.2) is 39.5 Å². The van der Waals surface area contributed by atoms with E-state index in [2.05, 4.69) is 15.6 Å². The number of nitrogens with zero attached hydrogens (tertiary/aromatic N) is 4. The second-order valence-electron chi connectivity index (χ2n) is 9.38. The summed E-state index contributed by atoms with van der Waals surface area (Å²) in [5, 5.41) is 11.3. The molecule has 0 unspecified atom stereocenters. The molecule has 1 N–H and O–H groups in total. The van der Waals surface area contributed by atoms with E-state index in [1.165, 1.54) is 33.8 Å². The summed E-state index contributed by atoms with van der Waals surface area (Å²) in [5.74, 6) is -0.604. The Kier molecular flexibility index (Phi) is 7.52. The number of hydrogen-bond donors (Lipinski definition) is 1. The van der Waals surface area contributed by atoms with Crippen LogP contribution < -0.4 is 15.0 Å².